The van der Waals surface area contributed by atoms with Crippen LogP contribution in [0.25, 0.3) is 22.8 Å². The van der Waals surface area contributed by atoms with Gasteiger partial charge in [-0.15, -0.1) is 0 Å². The smallest absolute Gasteiger partial charge is 0.156 e. The van der Waals surface area contributed by atoms with Gasteiger partial charge in [0.25, 0.3) is 0 Å². The van der Waals surface area contributed by atoms with Crippen molar-refractivity contribution in [3.05, 3.63) is 43.0 Å². The van der Waals surface area contributed by atoms with Crippen LogP contribution < -0.4 is 4.74 Å². The highest BCUT2D eigenvalue weighted by Crippen LogP contribution is 2.34. The monoisotopic (exact) mass is 324 g/mol. The standard InChI is InChI=1S/C18H20N4O2/c1-23-15-4-2-13(3-5-15)16-17(18-19-8-9-20-18)22(12-21-16)14-6-10-24-11-7-14/h2-5,8-9,12,14H,6-7,10-11H2,1H3,(H,19,20). The Bertz CT molecular complexity index is 787. The van der Waals surface area contributed by atoms with Crippen molar-refractivity contribution in [2.75, 3.05) is 20.3 Å². The molecule has 0 aliphatic carbocycles. The number of nitrogens with zero attached hydrogens (tertiary/aromatic N) is 3. The van der Waals surface area contributed by atoms with Gasteiger partial charge in [0.15, 0.2) is 5.82 Å². The zero-order valence-electron chi connectivity index (χ0n) is 13.6. The van der Waals surface area contributed by atoms with Crippen molar-refractivity contribution in [1.82, 2.24) is 19.5 Å². The predicted octanol–water partition coefficient (Wildman–Crippen LogP) is 3.30. The third kappa shape index (κ3) is 2.69. The number of ether oxygens (including phenoxy) is 2. The maximum atomic E-state index is 5.50. The fourth-order valence-corrected chi connectivity index (χ4v) is 3.19. The van der Waals surface area contributed by atoms with Gasteiger partial charge in [-0.3, -0.25) is 0 Å². The summed E-state index contributed by atoms with van der Waals surface area (Å²) >= 11 is 0. The van der Waals surface area contributed by atoms with Crippen molar-refractivity contribution in [2.24, 2.45) is 0 Å². The zero-order chi connectivity index (χ0) is 16.4. The van der Waals surface area contributed by atoms with Crippen LogP contribution in [0.15, 0.2) is 43.0 Å². The highest BCUT2D eigenvalue weighted by atomic mass is 16.5. The number of imidazole rings is 2. The highest BCUT2D eigenvalue weighted by molar-refractivity contribution is 5.75. The molecule has 24 heavy (non-hydrogen) atoms. The topological polar surface area (TPSA) is 65.0 Å². The molecule has 0 unspecified atom stereocenters. The van der Waals surface area contributed by atoms with E-state index in [1.165, 1.54) is 0 Å². The summed E-state index contributed by atoms with van der Waals surface area (Å²) < 4.78 is 13.0. The van der Waals surface area contributed by atoms with Crippen molar-refractivity contribution in [1.29, 1.82) is 0 Å². The van der Waals surface area contributed by atoms with E-state index in [0.717, 1.165) is 54.6 Å². The lowest BCUT2D eigenvalue weighted by Crippen LogP contribution is -2.19. The lowest BCUT2D eigenvalue weighted by atomic mass is 10.1. The molecule has 0 bridgehead atoms. The van der Waals surface area contributed by atoms with Gasteiger partial charge in [0.1, 0.15) is 11.4 Å². The minimum atomic E-state index is 0.387. The summed E-state index contributed by atoms with van der Waals surface area (Å²) in [6.45, 7) is 1.58. The number of hydrogen-bond donors (Lipinski definition) is 1. The zero-order valence-corrected chi connectivity index (χ0v) is 13.6. The highest BCUT2D eigenvalue weighted by Gasteiger charge is 2.23. The largest absolute Gasteiger partial charge is 0.497 e. The summed E-state index contributed by atoms with van der Waals surface area (Å²) in [4.78, 5) is 12.4. The summed E-state index contributed by atoms with van der Waals surface area (Å²) in [5, 5.41) is 0. The molecule has 1 saturated heterocycles. The van der Waals surface area contributed by atoms with E-state index in [-0.39, 0.29) is 0 Å². The normalized spacial score (nSPS) is 15.5. The molecular weight excluding hydrogens is 304 g/mol. The first-order valence-corrected chi connectivity index (χ1v) is 8.15. The third-order valence-electron chi connectivity index (χ3n) is 4.46. The number of aromatic amines is 1. The van der Waals surface area contributed by atoms with Crippen LogP contribution in [-0.2, 0) is 4.74 Å². The molecule has 1 aromatic carbocycles. The summed E-state index contributed by atoms with van der Waals surface area (Å²) in [6.07, 6.45) is 7.52. The molecule has 1 aliphatic heterocycles. The molecule has 1 fully saturated rings. The van der Waals surface area contributed by atoms with E-state index in [2.05, 4.69) is 14.5 Å². The van der Waals surface area contributed by atoms with Crippen molar-refractivity contribution < 1.29 is 9.47 Å². The summed E-state index contributed by atoms with van der Waals surface area (Å²) in [7, 11) is 1.67. The van der Waals surface area contributed by atoms with Crippen molar-refractivity contribution >= 4 is 0 Å². The molecule has 0 radical (unpaired) electrons. The van der Waals surface area contributed by atoms with E-state index in [0.29, 0.717) is 6.04 Å². The van der Waals surface area contributed by atoms with Gasteiger partial charge in [-0.05, 0) is 37.1 Å². The molecular formula is C18H20N4O2. The minimum Gasteiger partial charge on any atom is -0.497 e. The second kappa shape index (κ2) is 6.49. The number of rotatable bonds is 4. The Morgan fingerprint density at radius 1 is 1.17 bits per heavy atom. The van der Waals surface area contributed by atoms with Gasteiger partial charge >= 0.3 is 0 Å². The lowest BCUT2D eigenvalue weighted by Gasteiger charge is -2.24. The van der Waals surface area contributed by atoms with Gasteiger partial charge < -0.3 is 19.0 Å². The van der Waals surface area contributed by atoms with Crippen molar-refractivity contribution in [3.63, 3.8) is 0 Å². The minimum absolute atomic E-state index is 0.387. The van der Waals surface area contributed by atoms with Crippen LogP contribution in [-0.4, -0.2) is 39.8 Å². The van der Waals surface area contributed by atoms with Gasteiger partial charge in [-0.1, -0.05) is 0 Å². The molecule has 6 nitrogen and oxygen atoms in total. The van der Waals surface area contributed by atoms with Crippen molar-refractivity contribution in [3.8, 4) is 28.5 Å². The Hall–Kier alpha value is -2.60. The average molecular weight is 324 g/mol. The van der Waals surface area contributed by atoms with Crippen LogP contribution in [0.4, 0.5) is 0 Å². The molecule has 6 heteroatoms. The van der Waals surface area contributed by atoms with Crippen LogP contribution in [0, 0.1) is 0 Å². The number of nitrogens with one attached hydrogen (secondary N) is 1. The molecule has 0 spiro atoms. The first kappa shape index (κ1) is 15.0. The number of methoxy groups -OCH3 is 1. The average Bonchev–Trinajstić information content (AvgIpc) is 3.32. The number of aromatic nitrogens is 4. The maximum Gasteiger partial charge on any atom is 0.156 e. The van der Waals surface area contributed by atoms with E-state index in [4.69, 9.17) is 14.5 Å². The summed E-state index contributed by atoms with van der Waals surface area (Å²) in [5.74, 6) is 1.67. The molecule has 0 amide bonds. The van der Waals surface area contributed by atoms with Gasteiger partial charge in [-0.25, -0.2) is 9.97 Å². The van der Waals surface area contributed by atoms with Gasteiger partial charge in [0.05, 0.1) is 19.1 Å². The molecule has 0 atom stereocenters. The quantitative estimate of drug-likeness (QED) is 0.800. The fourth-order valence-electron chi connectivity index (χ4n) is 3.19. The number of H-pyrrole nitrogens is 1. The Morgan fingerprint density at radius 3 is 2.62 bits per heavy atom. The van der Waals surface area contributed by atoms with E-state index in [1.807, 2.05) is 36.8 Å². The molecule has 124 valence electrons. The molecule has 2 aromatic heterocycles. The first-order valence-electron chi connectivity index (χ1n) is 8.15. The van der Waals surface area contributed by atoms with Crippen LogP contribution in [0.3, 0.4) is 0 Å². The Kier molecular flexibility index (Phi) is 4.04. The third-order valence-corrected chi connectivity index (χ3v) is 4.46. The number of hydrogen-bond acceptors (Lipinski definition) is 4. The van der Waals surface area contributed by atoms with Gasteiger partial charge in [-0.2, -0.15) is 0 Å². The van der Waals surface area contributed by atoms with E-state index in [9.17, 15) is 0 Å². The van der Waals surface area contributed by atoms with Crippen LogP contribution >= 0.6 is 0 Å². The second-order valence-electron chi connectivity index (χ2n) is 5.86. The number of benzene rings is 1. The second-order valence-corrected chi connectivity index (χ2v) is 5.86. The van der Waals surface area contributed by atoms with Gasteiger partial charge in [0, 0.05) is 37.2 Å². The SMILES string of the molecule is COc1ccc(-c2ncn(C3CCOCC3)c2-c2ncc[nH]2)cc1. The Morgan fingerprint density at radius 2 is 1.96 bits per heavy atom. The van der Waals surface area contributed by atoms with Crippen LogP contribution in [0.1, 0.15) is 18.9 Å². The predicted molar refractivity (Wildman–Crippen MR) is 90.9 cm³/mol. The van der Waals surface area contributed by atoms with E-state index in [1.54, 1.807) is 13.3 Å². The first-order chi connectivity index (χ1) is 11.9. The van der Waals surface area contributed by atoms with Crippen LogP contribution in [0.5, 0.6) is 5.75 Å². The molecule has 3 heterocycles. The van der Waals surface area contributed by atoms with Gasteiger partial charge in [0.2, 0.25) is 0 Å². The lowest BCUT2D eigenvalue weighted by molar-refractivity contribution is 0.0699. The van der Waals surface area contributed by atoms with Crippen LogP contribution in [0.2, 0.25) is 0 Å². The fraction of sp³-hybridized carbons (Fsp3) is 0.333. The molecule has 3 aromatic rings. The molecule has 1 N–H and O–H groups in total. The van der Waals surface area contributed by atoms with E-state index < -0.39 is 0 Å². The summed E-state index contributed by atoms with van der Waals surface area (Å²) in [5.41, 5.74) is 3.00. The van der Waals surface area contributed by atoms with E-state index >= 15 is 0 Å². The Labute approximate surface area is 140 Å². The van der Waals surface area contributed by atoms with Crippen molar-refractivity contribution in [2.45, 2.75) is 18.9 Å². The molecule has 0 saturated carbocycles. The summed E-state index contributed by atoms with van der Waals surface area (Å²) in [6, 6.07) is 8.35. The molecule has 1 aliphatic rings. The maximum absolute atomic E-state index is 5.50. The molecule has 4 rings (SSSR count). The Balaban J connectivity index is 1.80.